The van der Waals surface area contributed by atoms with Crippen molar-refractivity contribution in [1.82, 2.24) is 0 Å². The van der Waals surface area contributed by atoms with E-state index in [2.05, 4.69) is 4.99 Å². The fourth-order valence-electron chi connectivity index (χ4n) is 1.98. The summed E-state index contributed by atoms with van der Waals surface area (Å²) < 4.78 is 18.5. The molecule has 6 nitrogen and oxygen atoms in total. The number of hydrogen-bond donors (Lipinski definition) is 1. The average Bonchev–Trinajstić information content (AvgIpc) is 2.53. The Bertz CT molecular complexity index is 762. The van der Waals surface area contributed by atoms with Crippen LogP contribution in [0.15, 0.2) is 41.4 Å². The maximum atomic E-state index is 13.7. The first-order valence-electron chi connectivity index (χ1n) is 6.76. The van der Waals surface area contributed by atoms with E-state index in [0.717, 1.165) is 0 Å². The van der Waals surface area contributed by atoms with E-state index in [1.165, 1.54) is 43.7 Å². The van der Waals surface area contributed by atoms with Crippen molar-refractivity contribution in [2.24, 2.45) is 4.99 Å². The number of non-ortho nitro benzene ring substituents is 1. The Morgan fingerprint density at radius 3 is 2.70 bits per heavy atom. The molecule has 2 aromatic carbocycles. The van der Waals surface area contributed by atoms with E-state index in [-0.39, 0.29) is 22.7 Å². The normalized spacial score (nSPS) is 12.3. The lowest BCUT2D eigenvalue weighted by Gasteiger charge is -2.09. The van der Waals surface area contributed by atoms with Gasteiger partial charge in [-0.05, 0) is 30.7 Å². The number of aliphatic imine (C=N–C) groups is 1. The first-order valence-corrected chi connectivity index (χ1v) is 6.76. The van der Waals surface area contributed by atoms with Crippen molar-refractivity contribution in [3.8, 4) is 11.5 Å². The number of ether oxygens (including phenoxy) is 1. The van der Waals surface area contributed by atoms with Crippen LogP contribution in [0, 0.1) is 15.9 Å². The third kappa shape index (κ3) is 3.82. The molecule has 0 amide bonds. The maximum absolute atomic E-state index is 13.7. The molecular formula is C16H15FN2O4. The van der Waals surface area contributed by atoms with Crippen LogP contribution < -0.4 is 4.74 Å². The number of nitro benzene ring substituents is 1. The molecule has 0 spiro atoms. The Morgan fingerprint density at radius 2 is 2.09 bits per heavy atom. The summed E-state index contributed by atoms with van der Waals surface area (Å²) in [7, 11) is 1.38. The number of methoxy groups -OCH3 is 1. The molecule has 0 saturated carbocycles. The van der Waals surface area contributed by atoms with Crippen molar-refractivity contribution in [3.05, 3.63) is 63.5 Å². The number of rotatable bonds is 5. The van der Waals surface area contributed by atoms with Crippen molar-refractivity contribution in [2.45, 2.75) is 13.0 Å². The molecule has 23 heavy (non-hydrogen) atoms. The van der Waals surface area contributed by atoms with E-state index in [1.54, 1.807) is 13.0 Å². The average molecular weight is 318 g/mol. The highest BCUT2D eigenvalue weighted by atomic mass is 19.1. The summed E-state index contributed by atoms with van der Waals surface area (Å²) in [6.45, 7) is 1.74. The zero-order chi connectivity index (χ0) is 17.0. The highest BCUT2D eigenvalue weighted by Crippen LogP contribution is 2.25. The summed E-state index contributed by atoms with van der Waals surface area (Å²) in [5.41, 5.74) is 0.692. The van der Waals surface area contributed by atoms with Gasteiger partial charge in [0.05, 0.1) is 18.1 Å². The number of benzene rings is 2. The zero-order valence-corrected chi connectivity index (χ0v) is 12.6. The molecule has 1 N–H and O–H groups in total. The van der Waals surface area contributed by atoms with Crippen LogP contribution >= 0.6 is 0 Å². The molecule has 0 bridgehead atoms. The largest absolute Gasteiger partial charge is 0.507 e. The second kappa shape index (κ2) is 6.87. The number of phenols is 1. The monoisotopic (exact) mass is 318 g/mol. The summed E-state index contributed by atoms with van der Waals surface area (Å²) in [4.78, 5) is 14.4. The molecule has 0 aliphatic heterocycles. The molecule has 7 heteroatoms. The minimum Gasteiger partial charge on any atom is -0.507 e. The molecule has 120 valence electrons. The highest BCUT2D eigenvalue weighted by Gasteiger charge is 2.11. The number of nitrogens with zero attached hydrogens (tertiary/aromatic N) is 2. The predicted molar refractivity (Wildman–Crippen MR) is 83.7 cm³/mol. The zero-order valence-electron chi connectivity index (χ0n) is 12.6. The molecule has 0 unspecified atom stereocenters. The summed E-state index contributed by atoms with van der Waals surface area (Å²) in [6, 6.07) is 7.76. The standard InChI is InChI=1S/C16H15FN2O4/c1-10(11-3-6-16(23-2)14(17)8-11)18-9-12-7-13(19(21)22)4-5-15(12)20/h3-10,20H,1-2H3/t10-/m1/s1. The topological polar surface area (TPSA) is 85.0 Å². The lowest BCUT2D eigenvalue weighted by Crippen LogP contribution is -1.95. The van der Waals surface area contributed by atoms with Gasteiger partial charge in [0.2, 0.25) is 0 Å². The number of phenolic OH excluding ortho intramolecular Hbond substituents is 1. The van der Waals surface area contributed by atoms with Gasteiger partial charge in [-0.3, -0.25) is 15.1 Å². The molecule has 2 aromatic rings. The maximum Gasteiger partial charge on any atom is 0.270 e. The quantitative estimate of drug-likeness (QED) is 0.518. The summed E-state index contributed by atoms with van der Waals surface area (Å²) >= 11 is 0. The second-order valence-electron chi connectivity index (χ2n) is 4.85. The van der Waals surface area contributed by atoms with Gasteiger partial charge < -0.3 is 9.84 Å². The molecule has 0 radical (unpaired) electrons. The number of nitro groups is 1. The van der Waals surface area contributed by atoms with Crippen molar-refractivity contribution in [3.63, 3.8) is 0 Å². The van der Waals surface area contributed by atoms with Gasteiger partial charge in [0.15, 0.2) is 11.6 Å². The van der Waals surface area contributed by atoms with Crippen LogP contribution in [0.25, 0.3) is 0 Å². The Kier molecular flexibility index (Phi) is 4.90. The van der Waals surface area contributed by atoms with E-state index in [0.29, 0.717) is 5.56 Å². The predicted octanol–water partition coefficient (Wildman–Crippen LogP) is 3.63. The van der Waals surface area contributed by atoms with E-state index in [4.69, 9.17) is 4.74 Å². The number of aromatic hydroxyl groups is 1. The Balaban J connectivity index is 2.24. The van der Waals surface area contributed by atoms with Gasteiger partial charge in [-0.2, -0.15) is 0 Å². The first-order chi connectivity index (χ1) is 10.9. The van der Waals surface area contributed by atoms with Gasteiger partial charge in [-0.25, -0.2) is 4.39 Å². The number of hydrogen-bond acceptors (Lipinski definition) is 5. The minimum atomic E-state index is -0.556. The molecule has 0 saturated heterocycles. The molecule has 0 aliphatic rings. The fourth-order valence-corrected chi connectivity index (χ4v) is 1.98. The van der Waals surface area contributed by atoms with Gasteiger partial charge in [-0.1, -0.05) is 6.07 Å². The molecule has 0 fully saturated rings. The molecule has 2 rings (SSSR count). The molecular weight excluding hydrogens is 303 g/mol. The number of halogens is 1. The third-order valence-corrected chi connectivity index (χ3v) is 3.32. The molecule has 0 aliphatic carbocycles. The SMILES string of the molecule is COc1ccc([C@@H](C)N=Cc2cc([N+](=O)[O-])ccc2O)cc1F. The lowest BCUT2D eigenvalue weighted by atomic mass is 10.1. The van der Waals surface area contributed by atoms with Crippen molar-refractivity contribution >= 4 is 11.9 Å². The van der Waals surface area contributed by atoms with Gasteiger partial charge >= 0.3 is 0 Å². The van der Waals surface area contributed by atoms with Gasteiger partial charge in [0.1, 0.15) is 5.75 Å². The Morgan fingerprint density at radius 1 is 1.35 bits per heavy atom. The summed E-state index contributed by atoms with van der Waals surface area (Å²) in [6.07, 6.45) is 1.33. The second-order valence-corrected chi connectivity index (χ2v) is 4.85. The van der Waals surface area contributed by atoms with Crippen LogP contribution in [0.5, 0.6) is 11.5 Å². The van der Waals surface area contributed by atoms with Crippen molar-refractivity contribution < 1.29 is 19.2 Å². The smallest absolute Gasteiger partial charge is 0.270 e. The Hall–Kier alpha value is -2.96. The van der Waals surface area contributed by atoms with Gasteiger partial charge in [-0.15, -0.1) is 0 Å². The fraction of sp³-hybridized carbons (Fsp3) is 0.188. The Labute approximate surface area is 132 Å². The van der Waals surface area contributed by atoms with E-state index in [1.807, 2.05) is 0 Å². The lowest BCUT2D eigenvalue weighted by molar-refractivity contribution is -0.384. The van der Waals surface area contributed by atoms with Gasteiger partial charge in [0.25, 0.3) is 5.69 Å². The molecule has 0 aromatic heterocycles. The van der Waals surface area contributed by atoms with Crippen LogP contribution in [-0.4, -0.2) is 23.4 Å². The van der Waals surface area contributed by atoms with E-state index < -0.39 is 16.8 Å². The van der Waals surface area contributed by atoms with Crippen LogP contribution in [0.3, 0.4) is 0 Å². The van der Waals surface area contributed by atoms with Crippen LogP contribution in [-0.2, 0) is 0 Å². The van der Waals surface area contributed by atoms with Crippen LogP contribution in [0.2, 0.25) is 0 Å². The van der Waals surface area contributed by atoms with E-state index in [9.17, 15) is 19.6 Å². The molecule has 1 atom stereocenters. The summed E-state index contributed by atoms with van der Waals surface area (Å²) in [5, 5.41) is 20.5. The van der Waals surface area contributed by atoms with Gasteiger partial charge in [0, 0.05) is 23.9 Å². The van der Waals surface area contributed by atoms with Crippen molar-refractivity contribution in [1.29, 1.82) is 0 Å². The van der Waals surface area contributed by atoms with Crippen LogP contribution in [0.4, 0.5) is 10.1 Å². The third-order valence-electron chi connectivity index (χ3n) is 3.32. The minimum absolute atomic E-state index is 0.118. The first kappa shape index (κ1) is 16.4. The van der Waals surface area contributed by atoms with Crippen LogP contribution in [0.1, 0.15) is 24.1 Å². The van der Waals surface area contributed by atoms with E-state index >= 15 is 0 Å². The highest BCUT2D eigenvalue weighted by molar-refractivity contribution is 5.84. The molecule has 0 heterocycles. The summed E-state index contributed by atoms with van der Waals surface area (Å²) in [5.74, 6) is -0.473. The van der Waals surface area contributed by atoms with Crippen molar-refractivity contribution in [2.75, 3.05) is 7.11 Å².